The Labute approximate surface area is 374 Å². The van der Waals surface area contributed by atoms with Crippen LogP contribution in [0.4, 0.5) is 18.9 Å². The molecule has 0 radical (unpaired) electrons. The monoisotopic (exact) mass is 847 g/mol. The van der Waals surface area contributed by atoms with Gasteiger partial charge < -0.3 is 9.13 Å². The SMILES string of the molecule is [C-]#[N+]c1ccc(-n2c3ccccc3c3cc(-c4ccc(C)cc4)ccc32)cc1-c1cc(-c2cc(C)cc(C(F)(F)F)c2)ccc1-n1c2ccccc2c2cc(-c3ccc(C)cc3)ccc21. The molecule has 0 fully saturated rings. The first-order chi connectivity index (χ1) is 31.5. The van der Waals surface area contributed by atoms with Gasteiger partial charge in [0.25, 0.3) is 0 Å². The maximum absolute atomic E-state index is 14.3. The highest BCUT2D eigenvalue weighted by atomic mass is 19.4. The van der Waals surface area contributed by atoms with E-state index in [1.165, 1.54) is 23.3 Å². The van der Waals surface area contributed by atoms with E-state index in [1.807, 2.05) is 48.5 Å². The van der Waals surface area contributed by atoms with E-state index in [4.69, 9.17) is 6.57 Å². The van der Waals surface area contributed by atoms with Gasteiger partial charge in [0.2, 0.25) is 0 Å². The minimum absolute atomic E-state index is 0.428. The van der Waals surface area contributed by atoms with E-state index in [-0.39, 0.29) is 0 Å². The third-order valence-corrected chi connectivity index (χ3v) is 12.7. The summed E-state index contributed by atoms with van der Waals surface area (Å²) in [5.41, 5.74) is 15.2. The average molecular weight is 848 g/mol. The highest BCUT2D eigenvalue weighted by Crippen LogP contribution is 2.45. The predicted octanol–water partition coefficient (Wildman–Crippen LogP) is 17.0. The summed E-state index contributed by atoms with van der Waals surface area (Å²) < 4.78 is 47.4. The van der Waals surface area contributed by atoms with Crippen LogP contribution in [-0.4, -0.2) is 9.13 Å². The summed E-state index contributed by atoms with van der Waals surface area (Å²) in [6.45, 7) is 14.4. The normalized spacial score (nSPS) is 11.8. The predicted molar refractivity (Wildman–Crippen MR) is 262 cm³/mol. The number of para-hydroxylation sites is 2. The van der Waals surface area contributed by atoms with Gasteiger partial charge in [-0.3, -0.25) is 0 Å². The summed E-state index contributed by atoms with van der Waals surface area (Å²) in [6.07, 6.45) is -4.52. The largest absolute Gasteiger partial charge is 0.416 e. The van der Waals surface area contributed by atoms with Crippen molar-refractivity contribution in [1.29, 1.82) is 0 Å². The van der Waals surface area contributed by atoms with Crippen LogP contribution in [0.15, 0.2) is 188 Å². The lowest BCUT2D eigenvalue weighted by Gasteiger charge is -2.19. The molecule has 0 aliphatic heterocycles. The van der Waals surface area contributed by atoms with Crippen molar-refractivity contribution in [2.75, 3.05) is 0 Å². The van der Waals surface area contributed by atoms with Crippen molar-refractivity contribution in [3.63, 3.8) is 0 Å². The number of benzene rings is 9. The van der Waals surface area contributed by atoms with E-state index in [9.17, 15) is 13.2 Å². The molecule has 0 bridgehead atoms. The smallest absolute Gasteiger partial charge is 0.309 e. The van der Waals surface area contributed by atoms with Gasteiger partial charge in [-0.2, -0.15) is 13.2 Å². The van der Waals surface area contributed by atoms with Gasteiger partial charge in [-0.25, -0.2) is 4.85 Å². The van der Waals surface area contributed by atoms with Crippen molar-refractivity contribution in [2.45, 2.75) is 26.9 Å². The number of fused-ring (bicyclic) bond motifs is 6. The van der Waals surface area contributed by atoms with E-state index >= 15 is 0 Å². The van der Waals surface area contributed by atoms with Crippen molar-refractivity contribution < 1.29 is 13.2 Å². The van der Waals surface area contributed by atoms with Gasteiger partial charge >= 0.3 is 6.18 Å². The minimum Gasteiger partial charge on any atom is -0.309 e. The van der Waals surface area contributed by atoms with Crippen LogP contribution < -0.4 is 0 Å². The van der Waals surface area contributed by atoms with Crippen LogP contribution in [-0.2, 0) is 6.18 Å². The van der Waals surface area contributed by atoms with Gasteiger partial charge in [-0.05, 0) is 144 Å². The number of alkyl halides is 3. The molecule has 0 saturated heterocycles. The van der Waals surface area contributed by atoms with E-state index in [0.717, 1.165) is 82.8 Å². The zero-order chi connectivity index (χ0) is 44.6. The Morgan fingerprint density at radius 3 is 1.49 bits per heavy atom. The van der Waals surface area contributed by atoms with Gasteiger partial charge in [0.1, 0.15) is 0 Å². The summed E-state index contributed by atoms with van der Waals surface area (Å²) >= 11 is 0. The Balaban J connectivity index is 1.17. The van der Waals surface area contributed by atoms with Crippen LogP contribution in [0.5, 0.6) is 0 Å². The molecule has 9 aromatic carbocycles. The van der Waals surface area contributed by atoms with Crippen LogP contribution in [0, 0.1) is 27.3 Å². The Morgan fingerprint density at radius 1 is 0.400 bits per heavy atom. The third-order valence-electron chi connectivity index (χ3n) is 12.7. The molecule has 0 amide bonds. The first-order valence-electron chi connectivity index (χ1n) is 21.6. The van der Waals surface area contributed by atoms with Crippen LogP contribution in [0.25, 0.3) is 104 Å². The molecule has 65 heavy (non-hydrogen) atoms. The van der Waals surface area contributed by atoms with Crippen molar-refractivity contribution in [2.24, 2.45) is 0 Å². The Bertz CT molecular complexity index is 3730. The molecule has 11 rings (SSSR count). The lowest BCUT2D eigenvalue weighted by atomic mass is 9.94. The number of nitrogens with zero attached hydrogens (tertiary/aromatic N) is 3. The van der Waals surface area contributed by atoms with E-state index in [1.54, 1.807) is 13.0 Å². The summed E-state index contributed by atoms with van der Waals surface area (Å²) in [5.74, 6) is 0. The summed E-state index contributed by atoms with van der Waals surface area (Å²) in [5, 5.41) is 4.34. The average Bonchev–Trinajstić information content (AvgIpc) is 3.83. The standard InChI is InChI=1S/C59H40F3N3/c1-36-13-17-39(18-14-36)41-21-26-56-50(32-41)47-9-5-7-11-54(47)64(56)46-24-25-53(63-4)49(35-46)52-34-43(44-29-38(3)30-45(31-44)59(60,61)62)23-28-58(52)65-55-12-8-6-10-48(55)51-33-42(22-27-57(51)65)40-19-15-37(2)16-20-40/h5-35H,1-3H3. The molecule has 6 heteroatoms. The van der Waals surface area contributed by atoms with Crippen molar-refractivity contribution in [3.8, 4) is 55.9 Å². The number of aryl methyl sites for hydroxylation is 3. The van der Waals surface area contributed by atoms with Gasteiger partial charge in [-0.1, -0.05) is 126 Å². The fourth-order valence-electron chi connectivity index (χ4n) is 9.55. The maximum atomic E-state index is 14.3. The second kappa shape index (κ2) is 15.3. The summed E-state index contributed by atoms with van der Waals surface area (Å²) in [6, 6.07) is 62.8. The lowest BCUT2D eigenvalue weighted by Crippen LogP contribution is -2.05. The Hall–Kier alpha value is -8.14. The number of hydrogen-bond donors (Lipinski definition) is 0. The first-order valence-corrected chi connectivity index (χ1v) is 21.6. The molecule has 0 aliphatic rings. The minimum atomic E-state index is -4.52. The third kappa shape index (κ3) is 6.85. The highest BCUT2D eigenvalue weighted by molar-refractivity contribution is 6.12. The summed E-state index contributed by atoms with van der Waals surface area (Å²) in [4.78, 5) is 4.09. The van der Waals surface area contributed by atoms with Crippen LogP contribution in [0.1, 0.15) is 22.3 Å². The van der Waals surface area contributed by atoms with Crippen molar-refractivity contribution in [3.05, 3.63) is 222 Å². The van der Waals surface area contributed by atoms with E-state index in [0.29, 0.717) is 27.9 Å². The Kier molecular flexibility index (Phi) is 9.34. The van der Waals surface area contributed by atoms with Crippen molar-refractivity contribution >= 4 is 49.3 Å². The molecule has 312 valence electrons. The maximum Gasteiger partial charge on any atom is 0.416 e. The first kappa shape index (κ1) is 39.7. The van der Waals surface area contributed by atoms with Crippen LogP contribution in [0.3, 0.4) is 0 Å². The van der Waals surface area contributed by atoms with E-state index < -0.39 is 11.7 Å². The van der Waals surface area contributed by atoms with Crippen LogP contribution >= 0.6 is 0 Å². The zero-order valence-electron chi connectivity index (χ0n) is 35.9. The number of hydrogen-bond acceptors (Lipinski definition) is 0. The summed E-state index contributed by atoms with van der Waals surface area (Å²) in [7, 11) is 0. The fraction of sp³-hybridized carbons (Fsp3) is 0.0678. The van der Waals surface area contributed by atoms with Gasteiger partial charge in [0, 0.05) is 27.2 Å². The molecular weight excluding hydrogens is 808 g/mol. The molecule has 11 aromatic rings. The quantitative estimate of drug-likeness (QED) is 0.148. The zero-order valence-corrected chi connectivity index (χ0v) is 35.9. The molecule has 0 N–H and O–H groups in total. The Morgan fingerprint density at radius 2 is 0.908 bits per heavy atom. The lowest BCUT2D eigenvalue weighted by molar-refractivity contribution is -0.137. The second-order valence-electron chi connectivity index (χ2n) is 17.0. The molecule has 0 unspecified atom stereocenters. The molecule has 0 aliphatic carbocycles. The number of aromatic nitrogens is 2. The molecule has 2 aromatic heterocycles. The van der Waals surface area contributed by atoms with Gasteiger partial charge in [0.15, 0.2) is 5.69 Å². The molecule has 0 spiro atoms. The van der Waals surface area contributed by atoms with Crippen molar-refractivity contribution in [1.82, 2.24) is 9.13 Å². The highest BCUT2D eigenvalue weighted by Gasteiger charge is 2.31. The topological polar surface area (TPSA) is 14.2 Å². The molecule has 0 atom stereocenters. The molecule has 0 saturated carbocycles. The fourth-order valence-corrected chi connectivity index (χ4v) is 9.55. The molecule has 2 heterocycles. The number of rotatable bonds is 6. The molecular formula is C59H40F3N3. The number of halogens is 3. The van der Waals surface area contributed by atoms with Gasteiger partial charge in [-0.15, -0.1) is 0 Å². The molecule has 3 nitrogen and oxygen atoms in total. The van der Waals surface area contributed by atoms with Crippen LogP contribution in [0.2, 0.25) is 0 Å². The van der Waals surface area contributed by atoms with E-state index in [2.05, 4.69) is 149 Å². The van der Waals surface area contributed by atoms with Gasteiger partial charge in [0.05, 0.1) is 39.9 Å². The second-order valence-corrected chi connectivity index (χ2v) is 17.0.